The molecular formula is C22H31N5O5S. The Kier molecular flexibility index (Phi) is 6.42. The molecule has 1 aromatic heterocycles. The lowest BCUT2D eigenvalue weighted by atomic mass is 10.2. The number of nitrogens with zero attached hydrogens (tertiary/aromatic N) is 4. The van der Waals surface area contributed by atoms with Crippen molar-refractivity contribution in [3.8, 4) is 11.5 Å². The maximum Gasteiger partial charge on any atom is 0.322 e. The second-order valence-corrected chi connectivity index (χ2v) is 10.7. The zero-order valence-electron chi connectivity index (χ0n) is 19.5. The number of methoxy groups -OCH3 is 2. The SMILES string of the molecule is COc1cccc(NC(=O)N2CCN(c3c(C)nn(C4CCS(=O)(=O)C4)c3C)CC2)c1OC. The van der Waals surface area contributed by atoms with Crippen molar-refractivity contribution in [2.75, 3.05) is 62.1 Å². The number of hydrogen-bond donors (Lipinski definition) is 1. The van der Waals surface area contributed by atoms with E-state index in [1.807, 2.05) is 18.5 Å². The van der Waals surface area contributed by atoms with Gasteiger partial charge in [0.2, 0.25) is 0 Å². The Morgan fingerprint density at radius 1 is 1.12 bits per heavy atom. The first-order valence-corrected chi connectivity index (χ1v) is 12.8. The van der Waals surface area contributed by atoms with Gasteiger partial charge in [-0.15, -0.1) is 0 Å². The Bertz CT molecular complexity index is 1140. The molecule has 1 N–H and O–H groups in total. The molecule has 0 radical (unpaired) electrons. The van der Waals surface area contributed by atoms with Gasteiger partial charge in [-0.05, 0) is 32.4 Å². The van der Waals surface area contributed by atoms with Crippen LogP contribution in [-0.4, -0.2) is 81.0 Å². The molecular weight excluding hydrogens is 446 g/mol. The molecule has 0 spiro atoms. The van der Waals surface area contributed by atoms with Gasteiger partial charge in [0.25, 0.3) is 0 Å². The molecule has 0 bridgehead atoms. The van der Waals surface area contributed by atoms with Gasteiger partial charge < -0.3 is 24.6 Å². The van der Waals surface area contributed by atoms with Crippen molar-refractivity contribution in [2.45, 2.75) is 26.3 Å². The Labute approximate surface area is 194 Å². The van der Waals surface area contributed by atoms with Crippen molar-refractivity contribution in [2.24, 2.45) is 0 Å². The number of ether oxygens (including phenoxy) is 2. The number of aromatic nitrogens is 2. The molecule has 1 atom stereocenters. The van der Waals surface area contributed by atoms with E-state index in [2.05, 4.69) is 15.3 Å². The number of sulfone groups is 1. The lowest BCUT2D eigenvalue weighted by Crippen LogP contribution is -2.50. The number of aryl methyl sites for hydroxylation is 1. The smallest absolute Gasteiger partial charge is 0.322 e. The first-order valence-electron chi connectivity index (χ1n) is 11.0. The molecule has 1 aromatic carbocycles. The summed E-state index contributed by atoms with van der Waals surface area (Å²) in [7, 11) is 0.112. The highest BCUT2D eigenvalue weighted by atomic mass is 32.2. The summed E-state index contributed by atoms with van der Waals surface area (Å²) in [6, 6.07) is 5.06. The van der Waals surface area contributed by atoms with E-state index in [4.69, 9.17) is 9.47 Å². The van der Waals surface area contributed by atoms with Crippen LogP contribution in [0.2, 0.25) is 0 Å². The van der Waals surface area contributed by atoms with Crippen LogP contribution in [0.15, 0.2) is 18.2 Å². The summed E-state index contributed by atoms with van der Waals surface area (Å²) < 4.78 is 36.4. The number of rotatable bonds is 5. The van der Waals surface area contributed by atoms with Crippen molar-refractivity contribution in [1.29, 1.82) is 0 Å². The van der Waals surface area contributed by atoms with Gasteiger partial charge in [0.1, 0.15) is 0 Å². The zero-order valence-corrected chi connectivity index (χ0v) is 20.3. The van der Waals surface area contributed by atoms with E-state index < -0.39 is 9.84 Å². The fraction of sp³-hybridized carbons (Fsp3) is 0.545. The number of carbonyl (C=O) groups excluding carboxylic acids is 1. The molecule has 4 rings (SSSR count). The Hall–Kier alpha value is -2.95. The van der Waals surface area contributed by atoms with Crippen LogP contribution in [0.4, 0.5) is 16.2 Å². The summed E-state index contributed by atoms with van der Waals surface area (Å²) >= 11 is 0. The van der Waals surface area contributed by atoms with E-state index in [-0.39, 0.29) is 23.6 Å². The molecule has 2 fully saturated rings. The van der Waals surface area contributed by atoms with Crippen LogP contribution in [-0.2, 0) is 9.84 Å². The largest absolute Gasteiger partial charge is 0.493 e. The topological polar surface area (TPSA) is 106 Å². The van der Waals surface area contributed by atoms with Gasteiger partial charge in [-0.3, -0.25) is 4.68 Å². The average Bonchev–Trinajstić information content (AvgIpc) is 3.31. The molecule has 0 aliphatic carbocycles. The number of amides is 2. The third-order valence-electron chi connectivity index (χ3n) is 6.37. The number of nitrogens with one attached hydrogen (secondary N) is 1. The predicted molar refractivity (Wildman–Crippen MR) is 126 cm³/mol. The molecule has 10 nitrogen and oxygen atoms in total. The standard InChI is InChI=1S/C22H31N5O5S/c1-15-20(16(2)27(24-15)17-8-13-33(29,30)14-17)25-9-11-26(12-10-25)22(28)23-18-6-5-7-19(31-3)21(18)32-4/h5-7,17H,8-14H2,1-4H3,(H,23,28). The first-order chi connectivity index (χ1) is 15.7. The van der Waals surface area contributed by atoms with Crippen molar-refractivity contribution in [3.05, 3.63) is 29.6 Å². The van der Waals surface area contributed by atoms with Crippen LogP contribution >= 0.6 is 0 Å². The van der Waals surface area contributed by atoms with E-state index in [0.29, 0.717) is 49.8 Å². The summed E-state index contributed by atoms with van der Waals surface area (Å²) in [5.41, 5.74) is 3.46. The number of benzene rings is 1. The number of para-hydroxylation sites is 1. The minimum atomic E-state index is -2.98. The van der Waals surface area contributed by atoms with Gasteiger partial charge in [-0.25, -0.2) is 13.2 Å². The zero-order chi connectivity index (χ0) is 23.8. The summed E-state index contributed by atoms with van der Waals surface area (Å²) in [5, 5.41) is 7.59. The molecule has 2 saturated heterocycles. The Morgan fingerprint density at radius 2 is 1.85 bits per heavy atom. The van der Waals surface area contributed by atoms with Crippen LogP contribution in [0.5, 0.6) is 11.5 Å². The van der Waals surface area contributed by atoms with Gasteiger partial charge in [-0.2, -0.15) is 5.10 Å². The molecule has 2 aliphatic heterocycles. The molecule has 180 valence electrons. The van der Waals surface area contributed by atoms with Gasteiger partial charge in [0.15, 0.2) is 21.3 Å². The molecule has 2 amide bonds. The van der Waals surface area contributed by atoms with Gasteiger partial charge in [-0.1, -0.05) is 6.07 Å². The van der Waals surface area contributed by atoms with Crippen molar-refractivity contribution in [3.63, 3.8) is 0 Å². The van der Waals surface area contributed by atoms with Crippen LogP contribution < -0.4 is 19.7 Å². The van der Waals surface area contributed by atoms with Crippen LogP contribution in [0.25, 0.3) is 0 Å². The van der Waals surface area contributed by atoms with Crippen molar-refractivity contribution < 1.29 is 22.7 Å². The number of urea groups is 1. The second kappa shape index (κ2) is 9.12. The summed E-state index contributed by atoms with van der Waals surface area (Å²) in [5.74, 6) is 1.41. The van der Waals surface area contributed by atoms with Crippen molar-refractivity contribution >= 4 is 27.2 Å². The van der Waals surface area contributed by atoms with Gasteiger partial charge in [0.05, 0.1) is 54.5 Å². The number of hydrogen-bond acceptors (Lipinski definition) is 7. The Morgan fingerprint density at radius 3 is 2.45 bits per heavy atom. The highest BCUT2D eigenvalue weighted by Gasteiger charge is 2.33. The van der Waals surface area contributed by atoms with E-state index in [9.17, 15) is 13.2 Å². The molecule has 3 heterocycles. The maximum atomic E-state index is 12.9. The second-order valence-electron chi connectivity index (χ2n) is 8.47. The van der Waals surface area contributed by atoms with E-state index in [1.54, 1.807) is 30.2 Å². The minimum absolute atomic E-state index is 0.104. The van der Waals surface area contributed by atoms with E-state index in [0.717, 1.165) is 17.1 Å². The number of carbonyl (C=O) groups is 1. The molecule has 33 heavy (non-hydrogen) atoms. The first kappa shape index (κ1) is 23.2. The monoisotopic (exact) mass is 477 g/mol. The fourth-order valence-corrected chi connectivity index (χ4v) is 6.44. The molecule has 1 unspecified atom stereocenters. The third-order valence-corrected chi connectivity index (χ3v) is 8.12. The highest BCUT2D eigenvalue weighted by molar-refractivity contribution is 7.91. The number of piperazine rings is 1. The number of anilines is 2. The summed E-state index contributed by atoms with van der Waals surface area (Å²) in [4.78, 5) is 16.9. The quantitative estimate of drug-likeness (QED) is 0.704. The molecule has 0 saturated carbocycles. The average molecular weight is 478 g/mol. The molecule has 11 heteroatoms. The third kappa shape index (κ3) is 4.59. The highest BCUT2D eigenvalue weighted by Crippen LogP contribution is 2.35. The normalized spacial score (nSPS) is 20.1. The van der Waals surface area contributed by atoms with E-state index in [1.165, 1.54) is 7.11 Å². The maximum absolute atomic E-state index is 12.9. The molecule has 2 aromatic rings. The van der Waals surface area contributed by atoms with Gasteiger partial charge >= 0.3 is 6.03 Å². The summed E-state index contributed by atoms with van der Waals surface area (Å²) in [6.45, 7) is 6.39. The van der Waals surface area contributed by atoms with Crippen LogP contribution in [0.3, 0.4) is 0 Å². The minimum Gasteiger partial charge on any atom is -0.493 e. The van der Waals surface area contributed by atoms with E-state index >= 15 is 0 Å². The van der Waals surface area contributed by atoms with Crippen LogP contribution in [0, 0.1) is 13.8 Å². The molecule has 2 aliphatic rings. The van der Waals surface area contributed by atoms with Gasteiger partial charge in [0, 0.05) is 26.2 Å². The van der Waals surface area contributed by atoms with Crippen LogP contribution in [0.1, 0.15) is 23.9 Å². The predicted octanol–water partition coefficient (Wildman–Crippen LogP) is 2.23. The summed E-state index contributed by atoms with van der Waals surface area (Å²) in [6.07, 6.45) is 0.603. The fourth-order valence-electron chi connectivity index (χ4n) is 4.75. The van der Waals surface area contributed by atoms with Crippen molar-refractivity contribution in [1.82, 2.24) is 14.7 Å². The lowest BCUT2D eigenvalue weighted by molar-refractivity contribution is 0.208. The lowest BCUT2D eigenvalue weighted by Gasteiger charge is -2.36. The Balaban J connectivity index is 1.42.